The van der Waals surface area contributed by atoms with E-state index in [2.05, 4.69) is 0 Å². The molecule has 0 radical (unpaired) electrons. The van der Waals surface area contributed by atoms with Gasteiger partial charge in [-0.1, -0.05) is 24.6 Å². The van der Waals surface area contributed by atoms with Crippen LogP contribution in [0.1, 0.15) is 18.1 Å². The summed E-state index contributed by atoms with van der Waals surface area (Å²) in [5, 5.41) is 0. The van der Waals surface area contributed by atoms with Crippen LogP contribution in [-0.4, -0.2) is 12.4 Å². The molecule has 3 nitrogen and oxygen atoms in total. The van der Waals surface area contributed by atoms with Gasteiger partial charge >= 0.3 is 0 Å². The molecule has 0 aliphatic rings. The minimum Gasteiger partial charge on any atom is -0.249 e. The van der Waals surface area contributed by atoms with Crippen molar-refractivity contribution in [2.75, 3.05) is 0 Å². The average molecular weight is 249 g/mol. The Morgan fingerprint density at radius 3 is 2.29 bits per heavy atom. The van der Waals surface area contributed by atoms with Gasteiger partial charge in [0, 0.05) is 12.4 Å². The van der Waals surface area contributed by atoms with E-state index < -0.39 is 10.0 Å². The van der Waals surface area contributed by atoms with Gasteiger partial charge in [0.25, 0.3) is 10.0 Å². The summed E-state index contributed by atoms with van der Waals surface area (Å²) in [6.07, 6.45) is 4.08. The molecule has 1 aromatic heterocycles. The van der Waals surface area contributed by atoms with Crippen molar-refractivity contribution in [1.82, 2.24) is 3.97 Å². The molecule has 17 heavy (non-hydrogen) atoms. The first-order valence-corrected chi connectivity index (χ1v) is 6.97. The van der Waals surface area contributed by atoms with Crippen LogP contribution in [0.3, 0.4) is 0 Å². The van der Waals surface area contributed by atoms with Crippen LogP contribution < -0.4 is 0 Å². The second-order valence-corrected chi connectivity index (χ2v) is 5.86. The van der Waals surface area contributed by atoms with Crippen LogP contribution in [0.2, 0.25) is 0 Å². The van der Waals surface area contributed by atoms with Gasteiger partial charge in [0.2, 0.25) is 0 Å². The first kappa shape index (κ1) is 11.9. The van der Waals surface area contributed by atoms with Crippen molar-refractivity contribution in [1.29, 1.82) is 0 Å². The average Bonchev–Trinajstić information content (AvgIpc) is 2.78. The largest absolute Gasteiger partial charge is 0.267 e. The van der Waals surface area contributed by atoms with Gasteiger partial charge in [0.1, 0.15) is 0 Å². The minimum absolute atomic E-state index is 0.321. The summed E-state index contributed by atoms with van der Waals surface area (Å²) in [4.78, 5) is 0.321. The van der Waals surface area contributed by atoms with Crippen LogP contribution in [0.5, 0.6) is 0 Å². The second kappa shape index (κ2) is 4.37. The molecule has 0 fully saturated rings. The van der Waals surface area contributed by atoms with Crippen molar-refractivity contribution >= 4 is 10.0 Å². The number of aryl methyl sites for hydroxylation is 2. The van der Waals surface area contributed by atoms with E-state index in [1.807, 2.05) is 19.9 Å². The Bertz CT molecular complexity index is 609. The molecule has 0 bridgehead atoms. The predicted octanol–water partition coefficient (Wildman–Crippen LogP) is 2.60. The lowest BCUT2D eigenvalue weighted by molar-refractivity contribution is 0.587. The van der Waals surface area contributed by atoms with Gasteiger partial charge in [0.15, 0.2) is 0 Å². The van der Waals surface area contributed by atoms with Gasteiger partial charge in [-0.15, -0.1) is 0 Å². The third-order valence-electron chi connectivity index (χ3n) is 2.73. The zero-order chi connectivity index (χ0) is 12.5. The smallest absolute Gasteiger partial charge is 0.249 e. The van der Waals surface area contributed by atoms with E-state index in [9.17, 15) is 8.42 Å². The molecule has 0 unspecified atom stereocenters. The highest BCUT2D eigenvalue weighted by Gasteiger charge is 2.15. The molecule has 90 valence electrons. The van der Waals surface area contributed by atoms with Crippen LogP contribution in [-0.2, 0) is 16.4 Å². The van der Waals surface area contributed by atoms with E-state index in [1.165, 1.54) is 3.97 Å². The lowest BCUT2D eigenvalue weighted by Crippen LogP contribution is -2.10. The van der Waals surface area contributed by atoms with Gasteiger partial charge < -0.3 is 0 Å². The van der Waals surface area contributed by atoms with Crippen LogP contribution in [0.25, 0.3) is 0 Å². The van der Waals surface area contributed by atoms with Crippen molar-refractivity contribution < 1.29 is 8.42 Å². The molecular formula is C13H15NO2S. The lowest BCUT2D eigenvalue weighted by Gasteiger charge is -2.05. The van der Waals surface area contributed by atoms with Crippen LogP contribution >= 0.6 is 0 Å². The quantitative estimate of drug-likeness (QED) is 0.838. The maximum Gasteiger partial charge on any atom is 0.267 e. The fourth-order valence-electron chi connectivity index (χ4n) is 1.61. The van der Waals surface area contributed by atoms with Gasteiger partial charge in [-0.3, -0.25) is 0 Å². The van der Waals surface area contributed by atoms with Crippen molar-refractivity contribution in [3.05, 3.63) is 53.9 Å². The maximum atomic E-state index is 12.2. The van der Waals surface area contributed by atoms with Gasteiger partial charge in [-0.2, -0.15) is 0 Å². The molecule has 1 aromatic carbocycles. The summed E-state index contributed by atoms with van der Waals surface area (Å²) in [6.45, 7) is 3.93. The highest BCUT2D eigenvalue weighted by atomic mass is 32.2. The van der Waals surface area contributed by atoms with E-state index in [-0.39, 0.29) is 0 Å². The minimum atomic E-state index is -3.43. The van der Waals surface area contributed by atoms with Gasteiger partial charge in [-0.05, 0) is 37.1 Å². The monoisotopic (exact) mass is 249 g/mol. The number of nitrogens with zero attached hydrogens (tertiary/aromatic N) is 1. The second-order valence-electron chi connectivity index (χ2n) is 4.02. The van der Waals surface area contributed by atoms with Crippen molar-refractivity contribution in [3.8, 4) is 0 Å². The zero-order valence-electron chi connectivity index (χ0n) is 9.92. The molecule has 0 saturated heterocycles. The first-order chi connectivity index (χ1) is 8.04. The molecule has 0 saturated carbocycles. The molecule has 0 amide bonds. The first-order valence-electron chi connectivity index (χ1n) is 5.53. The lowest BCUT2D eigenvalue weighted by atomic mass is 10.2. The van der Waals surface area contributed by atoms with E-state index in [0.29, 0.717) is 4.90 Å². The Labute approximate surface area is 102 Å². The molecule has 0 atom stereocenters. The topological polar surface area (TPSA) is 39.1 Å². The molecule has 4 heteroatoms. The number of benzene rings is 1. The summed E-state index contributed by atoms with van der Waals surface area (Å²) in [6, 6.07) is 8.70. The molecule has 0 N–H and O–H groups in total. The molecule has 0 aliphatic heterocycles. The number of aromatic nitrogens is 1. The standard InChI is InChI=1S/C13H15NO2S/c1-3-12-8-9-14(10-12)17(15,16)13-6-4-11(2)5-7-13/h4-10H,3H2,1-2H3. The Balaban J connectivity index is 2.46. The third-order valence-corrected chi connectivity index (χ3v) is 4.38. The third kappa shape index (κ3) is 2.26. The highest BCUT2D eigenvalue weighted by molar-refractivity contribution is 7.90. The van der Waals surface area contributed by atoms with Gasteiger partial charge in [0.05, 0.1) is 4.90 Å². The fourth-order valence-corrected chi connectivity index (χ4v) is 2.83. The Morgan fingerprint density at radius 1 is 1.12 bits per heavy atom. The molecule has 2 rings (SSSR count). The van der Waals surface area contributed by atoms with E-state index in [4.69, 9.17) is 0 Å². The Kier molecular flexibility index (Phi) is 3.07. The van der Waals surface area contributed by atoms with E-state index in [1.54, 1.807) is 36.7 Å². The summed E-state index contributed by atoms with van der Waals surface area (Å²) >= 11 is 0. The highest BCUT2D eigenvalue weighted by Crippen LogP contribution is 2.16. The number of hydrogen-bond donors (Lipinski definition) is 0. The Hall–Kier alpha value is -1.55. The zero-order valence-corrected chi connectivity index (χ0v) is 10.7. The van der Waals surface area contributed by atoms with Crippen LogP contribution in [0, 0.1) is 6.92 Å². The van der Waals surface area contributed by atoms with E-state index >= 15 is 0 Å². The Morgan fingerprint density at radius 2 is 1.76 bits per heavy atom. The number of hydrogen-bond acceptors (Lipinski definition) is 2. The van der Waals surface area contributed by atoms with Crippen molar-refractivity contribution in [3.63, 3.8) is 0 Å². The molecule has 0 aliphatic carbocycles. The molecule has 1 heterocycles. The van der Waals surface area contributed by atoms with Crippen molar-refractivity contribution in [2.24, 2.45) is 0 Å². The SMILES string of the molecule is CCc1ccn(S(=O)(=O)c2ccc(C)cc2)c1. The molecule has 2 aromatic rings. The summed E-state index contributed by atoms with van der Waals surface area (Å²) in [5.74, 6) is 0. The van der Waals surface area contributed by atoms with Crippen molar-refractivity contribution in [2.45, 2.75) is 25.2 Å². The van der Waals surface area contributed by atoms with E-state index in [0.717, 1.165) is 17.5 Å². The maximum absolute atomic E-state index is 12.2. The molecular weight excluding hydrogens is 234 g/mol. The van der Waals surface area contributed by atoms with Gasteiger partial charge in [-0.25, -0.2) is 12.4 Å². The normalized spacial score (nSPS) is 11.6. The summed E-state index contributed by atoms with van der Waals surface area (Å²) in [5.41, 5.74) is 2.06. The van der Waals surface area contributed by atoms with Crippen LogP contribution in [0.4, 0.5) is 0 Å². The molecule has 0 spiro atoms. The fraction of sp³-hybridized carbons (Fsp3) is 0.231. The predicted molar refractivity (Wildman–Crippen MR) is 67.6 cm³/mol. The van der Waals surface area contributed by atoms with Crippen LogP contribution in [0.15, 0.2) is 47.6 Å². The number of rotatable bonds is 3. The summed E-state index contributed by atoms with van der Waals surface area (Å²) in [7, 11) is -3.43. The summed E-state index contributed by atoms with van der Waals surface area (Å²) < 4.78 is 25.7.